The lowest BCUT2D eigenvalue weighted by atomic mass is 9.47. The fraction of sp³-hybridized carbons (Fsp3) is 0.529. The molecule has 4 N–H and O–H groups in total. The van der Waals surface area contributed by atoms with Crippen molar-refractivity contribution < 1.29 is 34.0 Å². The maximum atomic E-state index is 13.6. The number of amides is 1. The fourth-order valence-corrected chi connectivity index (χ4v) is 8.45. The Hall–Kier alpha value is -3.54. The minimum Gasteiger partial charge on any atom is -0.497 e. The SMILES string of the molecule is COc1ccc(OC)c(Nc2nc3c(s2)CC2C(C)(CO)C(O)CCC2(C)C3CC(=O)NCCc2ccc(OC)c(OC)c2)c1. The van der Waals surface area contributed by atoms with Crippen molar-refractivity contribution >= 4 is 28.1 Å². The van der Waals surface area contributed by atoms with Crippen LogP contribution in [0.25, 0.3) is 0 Å². The van der Waals surface area contributed by atoms with E-state index in [-0.39, 0.29) is 36.2 Å². The number of anilines is 2. The molecule has 0 radical (unpaired) electrons. The van der Waals surface area contributed by atoms with Crippen LogP contribution in [-0.2, 0) is 17.6 Å². The van der Waals surface area contributed by atoms with E-state index in [1.165, 1.54) is 0 Å². The van der Waals surface area contributed by atoms with Gasteiger partial charge in [-0.05, 0) is 66.8 Å². The highest BCUT2D eigenvalue weighted by Gasteiger charge is 2.59. The van der Waals surface area contributed by atoms with Gasteiger partial charge in [-0.15, -0.1) is 11.3 Å². The molecule has 1 saturated carbocycles. The van der Waals surface area contributed by atoms with Gasteiger partial charge in [0.2, 0.25) is 5.91 Å². The van der Waals surface area contributed by atoms with Crippen LogP contribution in [0.1, 0.15) is 55.2 Å². The predicted octanol–water partition coefficient (Wildman–Crippen LogP) is 5.09. The minimum absolute atomic E-state index is 0.0320. The molecule has 3 aromatic rings. The van der Waals surface area contributed by atoms with E-state index in [9.17, 15) is 15.0 Å². The summed E-state index contributed by atoms with van der Waals surface area (Å²) in [6.45, 7) is 4.53. The molecule has 11 heteroatoms. The van der Waals surface area contributed by atoms with E-state index in [0.717, 1.165) is 28.2 Å². The van der Waals surface area contributed by atoms with Crippen molar-refractivity contribution in [3.63, 3.8) is 0 Å². The number of aromatic nitrogens is 1. The Balaban J connectivity index is 1.41. The van der Waals surface area contributed by atoms with Gasteiger partial charge in [-0.1, -0.05) is 19.9 Å². The van der Waals surface area contributed by atoms with Gasteiger partial charge in [-0.2, -0.15) is 0 Å². The number of nitrogens with one attached hydrogen (secondary N) is 2. The Morgan fingerprint density at radius 1 is 1.02 bits per heavy atom. The second kappa shape index (κ2) is 13.4. The van der Waals surface area contributed by atoms with Gasteiger partial charge in [0.1, 0.15) is 11.5 Å². The van der Waals surface area contributed by atoms with Crippen LogP contribution in [0.2, 0.25) is 0 Å². The molecule has 1 fully saturated rings. The van der Waals surface area contributed by atoms with E-state index in [0.29, 0.717) is 53.9 Å². The second-order valence-corrected chi connectivity index (χ2v) is 13.6. The molecule has 1 heterocycles. The lowest BCUT2D eigenvalue weighted by Gasteiger charge is -2.58. The number of fused-ring (bicyclic) bond motifs is 2. The molecule has 10 nitrogen and oxygen atoms in total. The first-order chi connectivity index (χ1) is 21.6. The molecule has 45 heavy (non-hydrogen) atoms. The first-order valence-electron chi connectivity index (χ1n) is 15.3. The number of carbonyl (C=O) groups excluding carboxylic acids is 1. The fourth-order valence-electron chi connectivity index (χ4n) is 7.37. The van der Waals surface area contributed by atoms with Crippen molar-refractivity contribution in [2.24, 2.45) is 16.7 Å². The summed E-state index contributed by atoms with van der Waals surface area (Å²) in [6.07, 6.45) is 2.25. The summed E-state index contributed by atoms with van der Waals surface area (Å²) in [5.74, 6) is 2.39. The number of ether oxygens (including phenoxy) is 4. The predicted molar refractivity (Wildman–Crippen MR) is 174 cm³/mol. The van der Waals surface area contributed by atoms with E-state index in [4.69, 9.17) is 23.9 Å². The van der Waals surface area contributed by atoms with Crippen LogP contribution in [0, 0.1) is 16.7 Å². The average Bonchev–Trinajstić information content (AvgIpc) is 3.45. The van der Waals surface area contributed by atoms with Gasteiger partial charge in [0, 0.05) is 35.2 Å². The number of thiazole rings is 1. The third kappa shape index (κ3) is 6.30. The van der Waals surface area contributed by atoms with E-state index in [2.05, 4.69) is 17.6 Å². The van der Waals surface area contributed by atoms with E-state index >= 15 is 0 Å². The van der Waals surface area contributed by atoms with Crippen LogP contribution in [-0.4, -0.2) is 68.8 Å². The summed E-state index contributed by atoms with van der Waals surface area (Å²) >= 11 is 1.55. The number of carbonyl (C=O) groups is 1. The van der Waals surface area contributed by atoms with Crippen molar-refractivity contribution in [3.8, 4) is 23.0 Å². The zero-order valence-corrected chi connectivity index (χ0v) is 27.8. The summed E-state index contributed by atoms with van der Waals surface area (Å²) in [5, 5.41) is 28.9. The first-order valence-corrected chi connectivity index (χ1v) is 16.2. The molecule has 2 aliphatic carbocycles. The van der Waals surface area contributed by atoms with E-state index < -0.39 is 11.5 Å². The smallest absolute Gasteiger partial charge is 0.220 e. The summed E-state index contributed by atoms with van der Waals surface area (Å²) < 4.78 is 21.8. The zero-order valence-electron chi connectivity index (χ0n) is 26.9. The molecule has 0 spiro atoms. The Kier molecular flexibility index (Phi) is 9.81. The largest absolute Gasteiger partial charge is 0.497 e. The van der Waals surface area contributed by atoms with E-state index in [1.54, 1.807) is 39.8 Å². The topological polar surface area (TPSA) is 131 Å². The lowest BCUT2D eigenvalue weighted by molar-refractivity contribution is -0.144. The van der Waals surface area contributed by atoms with Gasteiger partial charge >= 0.3 is 0 Å². The van der Waals surface area contributed by atoms with Crippen LogP contribution < -0.4 is 29.6 Å². The van der Waals surface area contributed by atoms with E-state index in [1.807, 2.05) is 43.3 Å². The van der Waals surface area contributed by atoms with Gasteiger partial charge in [-0.25, -0.2) is 4.98 Å². The second-order valence-electron chi connectivity index (χ2n) is 12.5. The summed E-state index contributed by atoms with van der Waals surface area (Å²) in [7, 11) is 6.44. The highest BCUT2D eigenvalue weighted by Crippen LogP contribution is 2.63. The Bertz CT molecular complexity index is 1510. The number of methoxy groups -OCH3 is 4. The Morgan fingerprint density at radius 3 is 2.44 bits per heavy atom. The van der Waals surface area contributed by atoms with Gasteiger partial charge in [-0.3, -0.25) is 4.79 Å². The monoisotopic (exact) mass is 639 g/mol. The Labute approximate surface area is 269 Å². The molecule has 2 aromatic carbocycles. The van der Waals surface area contributed by atoms with Crippen molar-refractivity contribution in [1.82, 2.24) is 10.3 Å². The number of nitrogens with zero attached hydrogens (tertiary/aromatic N) is 1. The van der Waals surface area contributed by atoms with Gasteiger partial charge in [0.05, 0.1) is 52.5 Å². The number of hydrogen-bond acceptors (Lipinski definition) is 10. The van der Waals surface area contributed by atoms with Crippen LogP contribution in [0.5, 0.6) is 23.0 Å². The van der Waals surface area contributed by atoms with Crippen molar-refractivity contribution in [3.05, 3.63) is 52.5 Å². The molecule has 5 rings (SSSR count). The van der Waals surface area contributed by atoms with Gasteiger partial charge in [0.25, 0.3) is 0 Å². The average molecular weight is 640 g/mol. The van der Waals surface area contributed by atoms with Crippen LogP contribution in [0.4, 0.5) is 10.8 Å². The standard InChI is InChI=1S/C34H45N3O7S/c1-33-13-11-29(39)34(2,19-38)28(33)18-27-31(37-32(45-27)36-23-16-21(41-3)8-10-24(23)42-4)22(33)17-30(40)35-14-12-20-7-9-25(43-5)26(15-20)44-6/h7-10,15-16,22,28-29,38-39H,11-14,17-19H2,1-6H3,(H,35,40)(H,36,37). The molecule has 0 aliphatic heterocycles. The molecule has 1 aromatic heterocycles. The molecule has 1 amide bonds. The minimum atomic E-state index is -0.694. The number of benzene rings is 2. The Morgan fingerprint density at radius 2 is 1.76 bits per heavy atom. The number of aliphatic hydroxyl groups excluding tert-OH is 2. The quantitative estimate of drug-likeness (QED) is 0.214. The molecule has 0 saturated heterocycles. The molecule has 244 valence electrons. The third-order valence-electron chi connectivity index (χ3n) is 10.1. The highest BCUT2D eigenvalue weighted by atomic mass is 32.1. The number of aliphatic hydroxyl groups is 2. The van der Waals surface area contributed by atoms with Gasteiger partial charge < -0.3 is 39.8 Å². The van der Waals surface area contributed by atoms with Crippen LogP contribution in [0.3, 0.4) is 0 Å². The van der Waals surface area contributed by atoms with Crippen LogP contribution >= 0.6 is 11.3 Å². The zero-order chi connectivity index (χ0) is 32.4. The molecular formula is C34H45N3O7S. The maximum Gasteiger partial charge on any atom is 0.220 e. The van der Waals surface area contributed by atoms with Crippen LogP contribution in [0.15, 0.2) is 36.4 Å². The molecule has 0 bridgehead atoms. The van der Waals surface area contributed by atoms with Crippen molar-refractivity contribution in [2.75, 3.05) is 46.9 Å². The van der Waals surface area contributed by atoms with Crippen molar-refractivity contribution in [2.45, 2.75) is 58.0 Å². The molecule has 2 aliphatic rings. The first kappa shape index (κ1) is 32.8. The highest BCUT2D eigenvalue weighted by molar-refractivity contribution is 7.15. The molecule has 5 atom stereocenters. The maximum absolute atomic E-state index is 13.6. The summed E-state index contributed by atoms with van der Waals surface area (Å²) in [5.41, 5.74) is 1.63. The summed E-state index contributed by atoms with van der Waals surface area (Å²) in [6, 6.07) is 11.3. The third-order valence-corrected chi connectivity index (χ3v) is 11.1. The molecular weight excluding hydrogens is 594 g/mol. The molecule has 5 unspecified atom stereocenters. The normalized spacial score (nSPS) is 25.5. The van der Waals surface area contributed by atoms with Crippen molar-refractivity contribution in [1.29, 1.82) is 0 Å². The number of hydrogen-bond donors (Lipinski definition) is 4. The summed E-state index contributed by atoms with van der Waals surface area (Å²) in [4.78, 5) is 19.7. The van der Waals surface area contributed by atoms with Gasteiger partial charge in [0.15, 0.2) is 16.6 Å². The number of rotatable bonds is 12. The lowest BCUT2D eigenvalue weighted by Crippen LogP contribution is -2.57.